The summed E-state index contributed by atoms with van der Waals surface area (Å²) < 4.78 is 5.90. The Morgan fingerprint density at radius 3 is 2.65 bits per heavy atom. The third-order valence-corrected chi connectivity index (χ3v) is 4.60. The monoisotopic (exact) mass is 281 g/mol. The van der Waals surface area contributed by atoms with Gasteiger partial charge in [-0.15, -0.1) is 0 Å². The summed E-state index contributed by atoms with van der Waals surface area (Å²) in [6, 6.07) is 0.538. The highest BCUT2D eigenvalue weighted by Gasteiger charge is 2.28. The molecule has 0 aromatic rings. The minimum atomic E-state index is 0.343. The highest BCUT2D eigenvalue weighted by molar-refractivity contribution is 5.78. The van der Waals surface area contributed by atoms with Gasteiger partial charge in [0.2, 0.25) is 0 Å². The van der Waals surface area contributed by atoms with Crippen LogP contribution >= 0.6 is 0 Å². The van der Waals surface area contributed by atoms with Gasteiger partial charge in [0.25, 0.3) is 0 Å². The number of hydrogen-bond acceptors (Lipinski definition) is 2. The fraction of sp³-hybridized carbons (Fsp3) is 0.938. The summed E-state index contributed by atoms with van der Waals surface area (Å²) in [7, 11) is 0. The van der Waals surface area contributed by atoms with E-state index in [1.54, 1.807) is 0 Å². The summed E-state index contributed by atoms with van der Waals surface area (Å²) in [5.41, 5.74) is 6.04. The van der Waals surface area contributed by atoms with E-state index in [0.717, 1.165) is 19.6 Å². The molecule has 3 N–H and O–H groups in total. The fourth-order valence-electron chi connectivity index (χ4n) is 3.51. The number of nitrogens with one attached hydrogen (secondary N) is 1. The molecule has 0 amide bonds. The predicted molar refractivity (Wildman–Crippen MR) is 83.8 cm³/mol. The van der Waals surface area contributed by atoms with Gasteiger partial charge in [-0.25, -0.2) is 0 Å². The Hall–Kier alpha value is -0.770. The SMILES string of the molecule is CC(C)C1OCCCC1CN=C(N)NC1CCCCC1. The van der Waals surface area contributed by atoms with Crippen LogP contribution in [0.5, 0.6) is 0 Å². The number of nitrogens with zero attached hydrogens (tertiary/aromatic N) is 1. The molecule has 1 saturated heterocycles. The third kappa shape index (κ3) is 4.65. The van der Waals surface area contributed by atoms with Gasteiger partial charge in [-0.3, -0.25) is 4.99 Å². The number of ether oxygens (including phenoxy) is 1. The maximum atomic E-state index is 6.04. The Labute approximate surface area is 123 Å². The number of guanidine groups is 1. The summed E-state index contributed by atoms with van der Waals surface area (Å²) in [6.07, 6.45) is 9.17. The van der Waals surface area contributed by atoms with Crippen molar-refractivity contribution in [1.29, 1.82) is 0 Å². The van der Waals surface area contributed by atoms with Crippen LogP contribution in [0.4, 0.5) is 0 Å². The third-order valence-electron chi connectivity index (χ3n) is 4.60. The van der Waals surface area contributed by atoms with Crippen LogP contribution in [0.2, 0.25) is 0 Å². The van der Waals surface area contributed by atoms with Crippen LogP contribution in [0.15, 0.2) is 4.99 Å². The summed E-state index contributed by atoms with van der Waals surface area (Å²) in [5, 5.41) is 3.39. The Morgan fingerprint density at radius 1 is 1.20 bits per heavy atom. The van der Waals surface area contributed by atoms with E-state index in [9.17, 15) is 0 Å². The second kappa shape index (κ2) is 7.87. The van der Waals surface area contributed by atoms with Crippen molar-refractivity contribution in [2.75, 3.05) is 13.2 Å². The average molecular weight is 281 g/mol. The molecule has 2 rings (SSSR count). The van der Waals surface area contributed by atoms with Crippen LogP contribution in [0.3, 0.4) is 0 Å². The lowest BCUT2D eigenvalue weighted by Crippen LogP contribution is -2.42. The van der Waals surface area contributed by atoms with Crippen molar-refractivity contribution in [1.82, 2.24) is 5.32 Å². The maximum absolute atomic E-state index is 6.04. The molecule has 4 nitrogen and oxygen atoms in total. The quantitative estimate of drug-likeness (QED) is 0.615. The van der Waals surface area contributed by atoms with Gasteiger partial charge >= 0.3 is 0 Å². The molecular formula is C16H31N3O. The summed E-state index contributed by atoms with van der Waals surface area (Å²) in [4.78, 5) is 4.58. The highest BCUT2D eigenvalue weighted by Crippen LogP contribution is 2.26. The topological polar surface area (TPSA) is 59.6 Å². The van der Waals surface area contributed by atoms with Crippen molar-refractivity contribution in [2.45, 2.75) is 70.9 Å². The van der Waals surface area contributed by atoms with Crippen LogP contribution in [0.25, 0.3) is 0 Å². The molecule has 1 aliphatic heterocycles. The van der Waals surface area contributed by atoms with E-state index in [0.29, 0.717) is 29.9 Å². The lowest BCUT2D eigenvalue weighted by Gasteiger charge is -2.33. The first-order valence-corrected chi connectivity index (χ1v) is 8.35. The zero-order valence-corrected chi connectivity index (χ0v) is 13.1. The molecule has 2 atom stereocenters. The second-order valence-electron chi connectivity index (χ2n) is 6.69. The first-order chi connectivity index (χ1) is 9.66. The molecule has 0 radical (unpaired) electrons. The first kappa shape index (κ1) is 15.6. The smallest absolute Gasteiger partial charge is 0.188 e. The van der Waals surface area contributed by atoms with Gasteiger partial charge in [-0.05, 0) is 31.6 Å². The lowest BCUT2D eigenvalue weighted by atomic mass is 9.87. The van der Waals surface area contributed by atoms with Crippen molar-refractivity contribution >= 4 is 5.96 Å². The Bertz CT molecular complexity index is 311. The molecule has 2 fully saturated rings. The van der Waals surface area contributed by atoms with E-state index < -0.39 is 0 Å². The molecule has 2 aliphatic rings. The predicted octanol–water partition coefficient (Wildman–Crippen LogP) is 2.67. The van der Waals surface area contributed by atoms with Gasteiger partial charge in [0.1, 0.15) is 0 Å². The Balaban J connectivity index is 1.80. The van der Waals surface area contributed by atoms with E-state index >= 15 is 0 Å². The summed E-state index contributed by atoms with van der Waals surface area (Å²) >= 11 is 0. The van der Waals surface area contributed by atoms with Gasteiger partial charge in [0.15, 0.2) is 5.96 Å². The van der Waals surface area contributed by atoms with Gasteiger partial charge in [0, 0.05) is 25.1 Å². The minimum absolute atomic E-state index is 0.343. The standard InChI is InChI=1S/C16H31N3O/c1-12(2)15-13(7-6-10-20-15)11-18-16(17)19-14-8-4-3-5-9-14/h12-15H,3-11H2,1-2H3,(H3,17,18,19). The molecule has 2 unspecified atom stereocenters. The van der Waals surface area contributed by atoms with E-state index in [-0.39, 0.29) is 0 Å². The van der Waals surface area contributed by atoms with Crippen molar-refractivity contribution < 1.29 is 4.74 Å². The first-order valence-electron chi connectivity index (χ1n) is 8.35. The molecule has 1 saturated carbocycles. The fourth-order valence-corrected chi connectivity index (χ4v) is 3.51. The average Bonchev–Trinajstić information content (AvgIpc) is 2.46. The summed E-state index contributed by atoms with van der Waals surface area (Å²) in [5.74, 6) is 1.71. The zero-order valence-electron chi connectivity index (χ0n) is 13.1. The van der Waals surface area contributed by atoms with Crippen LogP contribution in [0.1, 0.15) is 58.8 Å². The number of aliphatic imine (C=N–C) groups is 1. The van der Waals surface area contributed by atoms with Crippen molar-refractivity contribution in [2.24, 2.45) is 22.6 Å². The molecule has 4 heteroatoms. The van der Waals surface area contributed by atoms with Crippen molar-refractivity contribution in [3.05, 3.63) is 0 Å². The number of rotatable bonds is 4. The molecule has 0 aromatic carbocycles. The lowest BCUT2D eigenvalue weighted by molar-refractivity contribution is -0.0491. The van der Waals surface area contributed by atoms with Crippen molar-refractivity contribution in [3.63, 3.8) is 0 Å². The molecule has 1 heterocycles. The molecule has 116 valence electrons. The van der Waals surface area contributed by atoms with Crippen LogP contribution in [0, 0.1) is 11.8 Å². The van der Waals surface area contributed by atoms with Gasteiger partial charge in [-0.2, -0.15) is 0 Å². The Kier molecular flexibility index (Phi) is 6.14. The van der Waals surface area contributed by atoms with Gasteiger partial charge in [-0.1, -0.05) is 33.1 Å². The maximum Gasteiger partial charge on any atom is 0.188 e. The molecular weight excluding hydrogens is 250 g/mol. The van der Waals surface area contributed by atoms with Crippen LogP contribution in [-0.4, -0.2) is 31.3 Å². The molecule has 20 heavy (non-hydrogen) atoms. The zero-order chi connectivity index (χ0) is 14.4. The van der Waals surface area contributed by atoms with Crippen LogP contribution < -0.4 is 11.1 Å². The summed E-state index contributed by atoms with van der Waals surface area (Å²) in [6.45, 7) is 6.17. The van der Waals surface area contributed by atoms with Gasteiger partial charge in [0.05, 0.1) is 6.10 Å². The molecule has 0 aromatic heterocycles. The molecule has 0 spiro atoms. The van der Waals surface area contributed by atoms with E-state index in [1.165, 1.54) is 38.5 Å². The number of hydrogen-bond donors (Lipinski definition) is 2. The highest BCUT2D eigenvalue weighted by atomic mass is 16.5. The normalized spacial score (nSPS) is 29.6. The molecule has 0 bridgehead atoms. The Morgan fingerprint density at radius 2 is 1.95 bits per heavy atom. The van der Waals surface area contributed by atoms with E-state index in [1.807, 2.05) is 0 Å². The van der Waals surface area contributed by atoms with E-state index in [2.05, 4.69) is 24.2 Å². The van der Waals surface area contributed by atoms with Crippen LogP contribution in [-0.2, 0) is 4.74 Å². The van der Waals surface area contributed by atoms with E-state index in [4.69, 9.17) is 10.5 Å². The molecule has 1 aliphatic carbocycles. The van der Waals surface area contributed by atoms with Gasteiger partial charge < -0.3 is 15.8 Å². The number of nitrogens with two attached hydrogens (primary N) is 1. The second-order valence-corrected chi connectivity index (χ2v) is 6.69. The largest absolute Gasteiger partial charge is 0.378 e. The minimum Gasteiger partial charge on any atom is -0.378 e. The van der Waals surface area contributed by atoms with Crippen molar-refractivity contribution in [3.8, 4) is 0 Å².